The average molecular weight is 482 g/mol. The van der Waals surface area contributed by atoms with Gasteiger partial charge in [-0.15, -0.1) is 0 Å². The van der Waals surface area contributed by atoms with E-state index in [0.29, 0.717) is 5.92 Å². The Morgan fingerprint density at radius 1 is 1.14 bits per heavy atom. The van der Waals surface area contributed by atoms with Crippen molar-refractivity contribution in [2.75, 3.05) is 32.0 Å². The molecule has 2 N–H and O–H groups in total. The fraction of sp³-hybridized carbons (Fsp3) is 0.355. The number of dihydropyridines is 1. The molecule has 0 spiro atoms. The van der Waals surface area contributed by atoms with Crippen LogP contribution < -0.4 is 10.6 Å². The number of aryl methyl sites for hydroxylation is 1. The molecule has 1 saturated heterocycles. The Hall–Kier alpha value is -3.60. The van der Waals surface area contributed by atoms with Gasteiger partial charge in [-0.1, -0.05) is 44.4 Å². The van der Waals surface area contributed by atoms with E-state index < -0.39 is 0 Å². The Balaban J connectivity index is 1.56. The van der Waals surface area contributed by atoms with Gasteiger partial charge in [0, 0.05) is 55.2 Å². The highest BCUT2D eigenvalue weighted by Crippen LogP contribution is 2.27. The van der Waals surface area contributed by atoms with Gasteiger partial charge in [-0.2, -0.15) is 0 Å². The number of hydrogen-bond donors (Lipinski definition) is 2. The maximum atomic E-state index is 4.98. The zero-order chi connectivity index (χ0) is 25.7. The van der Waals surface area contributed by atoms with Crippen LogP contribution in [0.15, 0.2) is 71.5 Å². The number of rotatable bonds is 7. The SMILES string of the molecule is C=Cc1ccc(-c2ccc(C)c(NC)c2)nc1/C=C(\C)NC(=C)C1=CC(N2CCCCC2)=NCC1C. The summed E-state index contributed by atoms with van der Waals surface area (Å²) in [5.41, 5.74) is 9.35. The van der Waals surface area contributed by atoms with Gasteiger partial charge in [-0.25, -0.2) is 4.98 Å². The van der Waals surface area contributed by atoms with Crippen molar-refractivity contribution in [3.63, 3.8) is 0 Å². The summed E-state index contributed by atoms with van der Waals surface area (Å²) < 4.78 is 0. The number of nitrogens with one attached hydrogen (secondary N) is 2. The zero-order valence-corrected chi connectivity index (χ0v) is 22.2. The van der Waals surface area contributed by atoms with Gasteiger partial charge in [0.1, 0.15) is 5.84 Å². The fourth-order valence-electron chi connectivity index (χ4n) is 4.89. The zero-order valence-electron chi connectivity index (χ0n) is 22.2. The molecular formula is C31H39N5. The van der Waals surface area contributed by atoms with E-state index >= 15 is 0 Å². The predicted octanol–water partition coefficient (Wildman–Crippen LogP) is 6.67. The van der Waals surface area contributed by atoms with Crippen LogP contribution in [0.5, 0.6) is 0 Å². The van der Waals surface area contributed by atoms with Crippen LogP contribution in [-0.2, 0) is 0 Å². The summed E-state index contributed by atoms with van der Waals surface area (Å²) in [6.45, 7) is 17.8. The Morgan fingerprint density at radius 3 is 2.64 bits per heavy atom. The molecule has 36 heavy (non-hydrogen) atoms. The minimum atomic E-state index is 0.333. The van der Waals surface area contributed by atoms with Crippen LogP contribution in [0.25, 0.3) is 23.4 Å². The van der Waals surface area contributed by atoms with E-state index in [4.69, 9.17) is 9.98 Å². The molecule has 1 aromatic carbocycles. The number of aliphatic imine (C=N–C) groups is 1. The Morgan fingerprint density at radius 2 is 1.92 bits per heavy atom. The van der Waals surface area contributed by atoms with Crippen molar-refractivity contribution in [2.45, 2.75) is 40.0 Å². The first-order valence-corrected chi connectivity index (χ1v) is 13.0. The topological polar surface area (TPSA) is 52.6 Å². The van der Waals surface area contributed by atoms with Gasteiger partial charge < -0.3 is 15.5 Å². The lowest BCUT2D eigenvalue weighted by atomic mass is 9.95. The number of anilines is 1. The van der Waals surface area contributed by atoms with Crippen molar-refractivity contribution in [3.05, 3.63) is 83.4 Å². The first-order valence-electron chi connectivity index (χ1n) is 13.0. The number of allylic oxidation sites excluding steroid dienone is 2. The number of hydrogen-bond acceptors (Lipinski definition) is 5. The quantitative estimate of drug-likeness (QED) is 0.464. The standard InChI is InChI=1S/C31H39N5/c1-7-25-13-14-28(26-12-11-21(2)29(18-26)32-6)35-30(25)17-23(4)34-24(5)27-19-31(33-20-22(27)3)36-15-9-8-10-16-36/h7,11-14,17-19,22,32,34H,1,5,8-10,15-16,20H2,2-4,6H3/b23-17+. The molecule has 5 nitrogen and oxygen atoms in total. The number of pyridine rings is 1. The van der Waals surface area contributed by atoms with Crippen LogP contribution in [0.3, 0.4) is 0 Å². The third-order valence-corrected chi connectivity index (χ3v) is 7.05. The molecule has 3 heterocycles. The van der Waals surface area contributed by atoms with E-state index in [9.17, 15) is 0 Å². The molecule has 2 aromatic rings. The molecule has 0 bridgehead atoms. The molecule has 0 radical (unpaired) electrons. The largest absolute Gasteiger partial charge is 0.388 e. The predicted molar refractivity (Wildman–Crippen MR) is 155 cm³/mol. The van der Waals surface area contributed by atoms with Gasteiger partial charge in [0.25, 0.3) is 0 Å². The van der Waals surface area contributed by atoms with Crippen molar-refractivity contribution in [3.8, 4) is 11.3 Å². The number of nitrogens with zero attached hydrogens (tertiary/aromatic N) is 3. The van der Waals surface area contributed by atoms with Crippen LogP contribution in [0, 0.1) is 12.8 Å². The van der Waals surface area contributed by atoms with Crippen molar-refractivity contribution in [2.24, 2.45) is 10.9 Å². The lowest BCUT2D eigenvalue weighted by molar-refractivity contribution is 0.341. The molecule has 1 atom stereocenters. The van der Waals surface area contributed by atoms with Crippen molar-refractivity contribution in [1.82, 2.24) is 15.2 Å². The van der Waals surface area contributed by atoms with Crippen LogP contribution in [-0.4, -0.2) is 42.4 Å². The maximum absolute atomic E-state index is 4.98. The maximum Gasteiger partial charge on any atom is 0.123 e. The van der Waals surface area contributed by atoms with Crippen LogP contribution in [0.2, 0.25) is 0 Å². The smallest absolute Gasteiger partial charge is 0.123 e. The van der Waals surface area contributed by atoms with Gasteiger partial charge in [-0.3, -0.25) is 4.99 Å². The number of likely N-dealkylation sites (tertiary alicyclic amines) is 1. The molecule has 0 saturated carbocycles. The summed E-state index contributed by atoms with van der Waals surface area (Å²) in [5, 5.41) is 6.79. The van der Waals surface area contributed by atoms with Gasteiger partial charge in [-0.05, 0) is 74.1 Å². The first kappa shape index (κ1) is 25.5. The number of benzene rings is 1. The normalized spacial score (nSPS) is 18.3. The molecule has 2 aliphatic rings. The molecule has 188 valence electrons. The van der Waals surface area contributed by atoms with Crippen LogP contribution >= 0.6 is 0 Å². The van der Waals surface area contributed by atoms with E-state index in [1.54, 1.807) is 0 Å². The molecular weight excluding hydrogens is 442 g/mol. The number of amidine groups is 1. The number of piperidine rings is 1. The average Bonchev–Trinajstić information content (AvgIpc) is 2.89. The molecule has 2 aliphatic heterocycles. The summed E-state index contributed by atoms with van der Waals surface area (Å²) in [6, 6.07) is 10.5. The summed E-state index contributed by atoms with van der Waals surface area (Å²) >= 11 is 0. The van der Waals surface area contributed by atoms with Crippen LogP contribution in [0.1, 0.15) is 49.9 Å². The minimum Gasteiger partial charge on any atom is -0.388 e. The Bertz CT molecular complexity index is 1230. The fourth-order valence-corrected chi connectivity index (χ4v) is 4.89. The minimum absolute atomic E-state index is 0.333. The third kappa shape index (κ3) is 5.78. The van der Waals surface area contributed by atoms with E-state index in [-0.39, 0.29) is 0 Å². The monoisotopic (exact) mass is 481 g/mol. The number of aromatic nitrogens is 1. The first-order chi connectivity index (χ1) is 17.4. The highest BCUT2D eigenvalue weighted by atomic mass is 15.2. The van der Waals surface area contributed by atoms with Crippen LogP contribution in [0.4, 0.5) is 5.69 Å². The second-order valence-corrected chi connectivity index (χ2v) is 9.83. The third-order valence-electron chi connectivity index (χ3n) is 7.05. The molecule has 1 aromatic heterocycles. The summed E-state index contributed by atoms with van der Waals surface area (Å²) in [7, 11) is 1.94. The van der Waals surface area contributed by atoms with Crippen molar-refractivity contribution < 1.29 is 0 Å². The van der Waals surface area contributed by atoms with E-state index in [1.165, 1.54) is 30.4 Å². The second kappa shape index (κ2) is 11.4. The summed E-state index contributed by atoms with van der Waals surface area (Å²) in [5.74, 6) is 1.44. The lowest BCUT2D eigenvalue weighted by Crippen LogP contribution is -2.37. The summed E-state index contributed by atoms with van der Waals surface area (Å²) in [6.07, 6.45) is 9.97. The molecule has 5 heteroatoms. The van der Waals surface area contributed by atoms with E-state index in [2.05, 4.69) is 91.9 Å². The van der Waals surface area contributed by atoms with E-state index in [1.807, 2.05) is 13.1 Å². The van der Waals surface area contributed by atoms with Gasteiger partial charge >= 0.3 is 0 Å². The lowest BCUT2D eigenvalue weighted by Gasteiger charge is -2.32. The molecule has 1 fully saturated rings. The van der Waals surface area contributed by atoms with Crippen molar-refractivity contribution >= 4 is 23.7 Å². The van der Waals surface area contributed by atoms with Gasteiger partial charge in [0.15, 0.2) is 0 Å². The van der Waals surface area contributed by atoms with Gasteiger partial charge in [0.05, 0.1) is 11.4 Å². The highest BCUT2D eigenvalue weighted by Gasteiger charge is 2.21. The molecule has 4 rings (SSSR count). The molecule has 0 aliphatic carbocycles. The molecule has 1 unspecified atom stereocenters. The second-order valence-electron chi connectivity index (χ2n) is 9.83. The molecule has 0 amide bonds. The van der Waals surface area contributed by atoms with Gasteiger partial charge in [0.2, 0.25) is 0 Å². The van der Waals surface area contributed by atoms with E-state index in [0.717, 1.165) is 65.1 Å². The Labute approximate surface area is 216 Å². The highest BCUT2D eigenvalue weighted by molar-refractivity contribution is 5.95. The summed E-state index contributed by atoms with van der Waals surface area (Å²) in [4.78, 5) is 12.2. The van der Waals surface area contributed by atoms with Crippen molar-refractivity contribution in [1.29, 1.82) is 0 Å². The Kier molecular flexibility index (Phi) is 8.09.